The lowest BCUT2D eigenvalue weighted by atomic mass is 10.1. The topological polar surface area (TPSA) is 93.2 Å². The number of hydrogen-bond acceptors (Lipinski definition) is 10. The second kappa shape index (κ2) is 6.06. The second-order valence-corrected chi connectivity index (χ2v) is 8.39. The molecule has 0 N–H and O–H groups in total. The Balaban J connectivity index is 2.20. The van der Waals surface area contributed by atoms with Crippen molar-refractivity contribution in [1.29, 1.82) is 0 Å². The van der Waals surface area contributed by atoms with Gasteiger partial charge in [0.2, 0.25) is 5.91 Å². The third-order valence-electron chi connectivity index (χ3n) is 3.24. The van der Waals surface area contributed by atoms with Crippen LogP contribution >= 0.6 is 49.6 Å². The van der Waals surface area contributed by atoms with E-state index >= 15 is 0 Å². The molecule has 0 aromatic heterocycles. The Morgan fingerprint density at radius 1 is 1.18 bits per heavy atom. The van der Waals surface area contributed by atoms with Crippen LogP contribution in [0, 0.1) is 0 Å². The van der Waals surface area contributed by atoms with Gasteiger partial charge in [0.05, 0.1) is 0 Å². The standard InChI is InChI=1S/C10H12N2O6S4/c1-11-3-4(13)12(2)6(5(11)14)22-10(3,21)9(16)18-17-7(15)8(19)20/h3,6,8,19-21H,1-2H3. The summed E-state index contributed by atoms with van der Waals surface area (Å²) in [5.74, 6) is -2.83. The number of carbonyl (C=O) groups is 4. The summed E-state index contributed by atoms with van der Waals surface area (Å²) in [6.45, 7) is 0. The number of rotatable bonds is 2. The maximum absolute atomic E-state index is 12.2. The molecule has 122 valence electrons. The number of piperazine rings is 1. The van der Waals surface area contributed by atoms with Crippen molar-refractivity contribution in [1.82, 2.24) is 9.80 Å². The summed E-state index contributed by atoms with van der Waals surface area (Å²) >= 11 is 12.5. The molecule has 3 saturated heterocycles. The average molecular weight is 384 g/mol. The Hall–Kier alpha value is -0.720. The maximum Gasteiger partial charge on any atom is 0.383 e. The highest BCUT2D eigenvalue weighted by atomic mass is 32.2. The van der Waals surface area contributed by atoms with Crippen molar-refractivity contribution < 1.29 is 29.0 Å². The van der Waals surface area contributed by atoms with Gasteiger partial charge in [0, 0.05) is 14.1 Å². The molecule has 0 aromatic rings. The van der Waals surface area contributed by atoms with Gasteiger partial charge >= 0.3 is 11.9 Å². The summed E-state index contributed by atoms with van der Waals surface area (Å²) in [6.07, 6.45) is 0. The first-order valence-electron chi connectivity index (χ1n) is 5.83. The van der Waals surface area contributed by atoms with Crippen LogP contribution in [0.25, 0.3) is 0 Å². The van der Waals surface area contributed by atoms with Gasteiger partial charge in [-0.3, -0.25) is 9.59 Å². The SMILES string of the molecule is CN1C(=O)C2N(C)C(=O)C1SC2(S)C(=O)OOC(=O)C(S)S. The van der Waals surface area contributed by atoms with Crippen molar-refractivity contribution in [3.63, 3.8) is 0 Å². The normalized spacial score (nSPS) is 30.8. The number of likely N-dealkylation sites (N-methyl/N-ethyl adjacent to an activating group) is 2. The van der Waals surface area contributed by atoms with Crippen LogP contribution in [-0.2, 0) is 29.0 Å². The summed E-state index contributed by atoms with van der Waals surface area (Å²) in [6, 6.07) is -1.17. The smallest absolute Gasteiger partial charge is 0.328 e. The lowest BCUT2D eigenvalue weighted by molar-refractivity contribution is -0.258. The van der Waals surface area contributed by atoms with E-state index in [2.05, 4.69) is 47.7 Å². The van der Waals surface area contributed by atoms with Crippen LogP contribution < -0.4 is 0 Å². The largest absolute Gasteiger partial charge is 0.383 e. The molecule has 22 heavy (non-hydrogen) atoms. The summed E-state index contributed by atoms with van der Waals surface area (Å²) in [5.41, 5.74) is 0. The monoisotopic (exact) mass is 384 g/mol. The molecule has 2 amide bonds. The summed E-state index contributed by atoms with van der Waals surface area (Å²) in [4.78, 5) is 58.8. The van der Waals surface area contributed by atoms with Crippen LogP contribution in [0.3, 0.4) is 0 Å². The van der Waals surface area contributed by atoms with E-state index in [-0.39, 0.29) is 5.91 Å². The van der Waals surface area contributed by atoms with E-state index < -0.39 is 37.9 Å². The third-order valence-corrected chi connectivity index (χ3v) is 5.90. The van der Waals surface area contributed by atoms with Crippen molar-refractivity contribution in [2.24, 2.45) is 0 Å². The van der Waals surface area contributed by atoms with E-state index in [1.807, 2.05) is 0 Å². The van der Waals surface area contributed by atoms with Crippen molar-refractivity contribution in [3.05, 3.63) is 0 Å². The van der Waals surface area contributed by atoms with Gasteiger partial charge in [-0.1, -0.05) is 11.8 Å². The number of amides is 2. The molecule has 3 aliphatic rings. The Kier molecular flexibility index (Phi) is 4.85. The first-order valence-corrected chi connectivity index (χ1v) is 8.19. The summed E-state index contributed by atoms with van der Waals surface area (Å²) < 4.78 is -2.77. The van der Waals surface area contributed by atoms with Gasteiger partial charge in [0.1, 0.15) is 10.6 Å². The van der Waals surface area contributed by atoms with E-state index in [0.717, 1.165) is 16.7 Å². The highest BCUT2D eigenvalue weighted by molar-refractivity contribution is 8.13. The van der Waals surface area contributed by atoms with Gasteiger partial charge in [0.15, 0.2) is 9.45 Å². The van der Waals surface area contributed by atoms with Gasteiger partial charge in [-0.25, -0.2) is 19.4 Å². The highest BCUT2D eigenvalue weighted by Gasteiger charge is 2.65. The Morgan fingerprint density at radius 3 is 2.32 bits per heavy atom. The quantitative estimate of drug-likeness (QED) is 0.248. The number of fused-ring (bicyclic) bond motifs is 3. The lowest BCUT2D eigenvalue weighted by Gasteiger charge is -2.52. The van der Waals surface area contributed by atoms with Crippen LogP contribution in [0.4, 0.5) is 0 Å². The molecule has 3 unspecified atom stereocenters. The molecular formula is C10H12N2O6S4. The van der Waals surface area contributed by atoms with Crippen molar-refractivity contribution >= 4 is 73.4 Å². The minimum atomic E-state index is -1.68. The maximum atomic E-state index is 12.2. The number of hydrogen-bond donors (Lipinski definition) is 3. The molecule has 3 atom stereocenters. The second-order valence-electron chi connectivity index (χ2n) is 4.61. The Morgan fingerprint density at radius 2 is 1.77 bits per heavy atom. The van der Waals surface area contributed by atoms with E-state index in [1.54, 1.807) is 0 Å². The van der Waals surface area contributed by atoms with Gasteiger partial charge in [0.25, 0.3) is 5.91 Å². The van der Waals surface area contributed by atoms with Crippen molar-refractivity contribution in [2.75, 3.05) is 14.1 Å². The summed E-state index contributed by atoms with van der Waals surface area (Å²) in [7, 11) is 2.86. The van der Waals surface area contributed by atoms with Crippen LogP contribution in [-0.4, -0.2) is 67.7 Å². The van der Waals surface area contributed by atoms with Gasteiger partial charge < -0.3 is 9.80 Å². The van der Waals surface area contributed by atoms with E-state index in [0.29, 0.717) is 0 Å². The minimum Gasteiger partial charge on any atom is -0.328 e. The van der Waals surface area contributed by atoms with E-state index in [9.17, 15) is 19.2 Å². The zero-order chi connectivity index (χ0) is 16.8. The lowest BCUT2D eigenvalue weighted by Crippen LogP contribution is -2.73. The Bertz CT molecular complexity index is 558. The fraction of sp³-hybridized carbons (Fsp3) is 0.600. The third kappa shape index (κ3) is 2.65. The van der Waals surface area contributed by atoms with Crippen LogP contribution in [0.5, 0.6) is 0 Å². The molecular weight excluding hydrogens is 372 g/mol. The van der Waals surface area contributed by atoms with Gasteiger partial charge in [-0.2, -0.15) is 25.3 Å². The molecule has 0 spiro atoms. The van der Waals surface area contributed by atoms with E-state index in [1.165, 1.54) is 19.0 Å². The molecule has 12 heteroatoms. The fourth-order valence-corrected chi connectivity index (χ4v) is 4.17. The van der Waals surface area contributed by atoms with Gasteiger partial charge in [-0.15, -0.1) is 12.6 Å². The average Bonchev–Trinajstić information content (AvgIpc) is 2.45. The summed E-state index contributed by atoms with van der Waals surface area (Å²) in [5, 5.41) is -0.897. The van der Waals surface area contributed by atoms with Crippen molar-refractivity contribution in [2.45, 2.75) is 20.1 Å². The first-order chi connectivity index (χ1) is 10.1. The van der Waals surface area contributed by atoms with Crippen LogP contribution in [0.15, 0.2) is 0 Å². The molecule has 8 nitrogen and oxygen atoms in total. The zero-order valence-electron chi connectivity index (χ0n) is 11.3. The van der Waals surface area contributed by atoms with Crippen LogP contribution in [0.1, 0.15) is 0 Å². The van der Waals surface area contributed by atoms with Crippen LogP contribution in [0.2, 0.25) is 0 Å². The molecule has 3 heterocycles. The number of carbonyl (C=O) groups excluding carboxylic acids is 4. The molecule has 3 fully saturated rings. The minimum absolute atomic E-state index is 0.322. The number of thiol groups is 3. The number of nitrogens with zero attached hydrogens (tertiary/aromatic N) is 2. The molecule has 3 rings (SSSR count). The zero-order valence-corrected chi connectivity index (χ0v) is 14.8. The van der Waals surface area contributed by atoms with E-state index in [4.69, 9.17) is 0 Å². The highest BCUT2D eigenvalue weighted by Crippen LogP contribution is 2.49. The molecule has 0 saturated carbocycles. The van der Waals surface area contributed by atoms with Crippen molar-refractivity contribution in [3.8, 4) is 0 Å². The van der Waals surface area contributed by atoms with Gasteiger partial charge in [-0.05, 0) is 0 Å². The predicted molar refractivity (Wildman–Crippen MR) is 86.4 cm³/mol. The molecule has 0 radical (unpaired) electrons. The number of thioether (sulfide) groups is 1. The molecule has 0 aliphatic carbocycles. The molecule has 2 bridgehead atoms. The molecule has 0 aromatic carbocycles. The fourth-order valence-electron chi connectivity index (χ4n) is 2.08. The Labute approximate surface area is 146 Å². The first kappa shape index (κ1) is 17.6. The predicted octanol–water partition coefficient (Wildman–Crippen LogP) is -0.828. The molecule has 3 aliphatic heterocycles.